The van der Waals surface area contributed by atoms with Crippen molar-refractivity contribution in [1.29, 1.82) is 0 Å². The minimum absolute atomic E-state index is 0.124. The number of anilines is 1. The Morgan fingerprint density at radius 1 is 1.06 bits per heavy atom. The van der Waals surface area contributed by atoms with Crippen LogP contribution in [0.1, 0.15) is 51.0 Å². The first-order valence-electron chi connectivity index (χ1n) is 10.1. The van der Waals surface area contributed by atoms with Gasteiger partial charge in [-0.15, -0.1) is 10.2 Å². The van der Waals surface area contributed by atoms with Crippen LogP contribution in [0.2, 0.25) is 0 Å². The molecule has 7 nitrogen and oxygen atoms in total. The lowest BCUT2D eigenvalue weighted by Gasteiger charge is -2.08. The van der Waals surface area contributed by atoms with Crippen molar-refractivity contribution in [3.63, 3.8) is 0 Å². The SMILES string of the molecule is Cc1cccc(OCc2nnc(C(=O)Nc3ccc(C(=O)NCCC(C)C)cc3)s2)c1. The second-order valence-corrected chi connectivity index (χ2v) is 8.64. The van der Waals surface area contributed by atoms with Gasteiger partial charge in [0.2, 0.25) is 5.01 Å². The monoisotopic (exact) mass is 438 g/mol. The van der Waals surface area contributed by atoms with Crippen LogP contribution >= 0.6 is 11.3 Å². The van der Waals surface area contributed by atoms with Gasteiger partial charge in [0.1, 0.15) is 12.4 Å². The molecule has 1 heterocycles. The van der Waals surface area contributed by atoms with Gasteiger partial charge in [0.05, 0.1) is 0 Å². The molecule has 3 rings (SSSR count). The average molecular weight is 439 g/mol. The summed E-state index contributed by atoms with van der Waals surface area (Å²) in [6.45, 7) is 7.10. The summed E-state index contributed by atoms with van der Waals surface area (Å²) >= 11 is 1.18. The number of hydrogen-bond acceptors (Lipinski definition) is 6. The lowest BCUT2D eigenvalue weighted by Crippen LogP contribution is -2.25. The van der Waals surface area contributed by atoms with E-state index in [0.717, 1.165) is 17.7 Å². The van der Waals surface area contributed by atoms with Gasteiger partial charge in [-0.05, 0) is 61.2 Å². The van der Waals surface area contributed by atoms with Crippen molar-refractivity contribution in [2.45, 2.75) is 33.8 Å². The molecule has 162 valence electrons. The van der Waals surface area contributed by atoms with Gasteiger partial charge in [0.15, 0.2) is 5.01 Å². The highest BCUT2D eigenvalue weighted by Crippen LogP contribution is 2.18. The molecule has 0 radical (unpaired) electrons. The van der Waals surface area contributed by atoms with Crippen LogP contribution in [0, 0.1) is 12.8 Å². The summed E-state index contributed by atoms with van der Waals surface area (Å²) in [4.78, 5) is 24.6. The molecule has 2 aromatic carbocycles. The summed E-state index contributed by atoms with van der Waals surface area (Å²) in [5, 5.41) is 14.5. The summed E-state index contributed by atoms with van der Waals surface area (Å²) < 4.78 is 5.70. The van der Waals surface area contributed by atoms with Gasteiger partial charge >= 0.3 is 0 Å². The predicted octanol–water partition coefficient (Wildman–Crippen LogP) is 4.45. The predicted molar refractivity (Wildman–Crippen MR) is 122 cm³/mol. The second kappa shape index (κ2) is 10.7. The van der Waals surface area contributed by atoms with Crippen molar-refractivity contribution in [3.05, 3.63) is 69.7 Å². The molecular formula is C23H26N4O3S. The molecule has 0 saturated heterocycles. The summed E-state index contributed by atoms with van der Waals surface area (Å²) in [5.41, 5.74) is 2.23. The van der Waals surface area contributed by atoms with E-state index in [1.165, 1.54) is 11.3 Å². The van der Waals surface area contributed by atoms with E-state index in [0.29, 0.717) is 28.7 Å². The zero-order chi connectivity index (χ0) is 22.2. The standard InChI is InChI=1S/C23H26N4O3S/c1-15(2)11-12-24-21(28)17-7-9-18(10-8-17)25-22(29)23-27-26-20(31-23)14-30-19-6-4-5-16(3)13-19/h4-10,13,15H,11-12,14H2,1-3H3,(H,24,28)(H,25,29). The number of amides is 2. The number of aryl methyl sites for hydroxylation is 1. The first-order chi connectivity index (χ1) is 14.9. The van der Waals surface area contributed by atoms with Gasteiger partial charge in [-0.2, -0.15) is 0 Å². The fourth-order valence-electron chi connectivity index (χ4n) is 2.72. The molecule has 0 aliphatic rings. The summed E-state index contributed by atoms with van der Waals surface area (Å²) in [5.74, 6) is 0.803. The van der Waals surface area contributed by atoms with Crippen LogP contribution in [-0.4, -0.2) is 28.6 Å². The van der Waals surface area contributed by atoms with Crippen molar-refractivity contribution in [2.75, 3.05) is 11.9 Å². The van der Waals surface area contributed by atoms with Crippen LogP contribution in [0.15, 0.2) is 48.5 Å². The Morgan fingerprint density at radius 2 is 1.84 bits per heavy atom. The van der Waals surface area contributed by atoms with Crippen LogP contribution in [0.5, 0.6) is 5.75 Å². The second-order valence-electron chi connectivity index (χ2n) is 7.58. The number of aromatic nitrogens is 2. The van der Waals surface area contributed by atoms with Crippen molar-refractivity contribution < 1.29 is 14.3 Å². The van der Waals surface area contributed by atoms with Crippen LogP contribution in [0.3, 0.4) is 0 Å². The normalized spacial score (nSPS) is 10.7. The fraction of sp³-hybridized carbons (Fsp3) is 0.304. The Bertz CT molecular complexity index is 1030. The topological polar surface area (TPSA) is 93.2 Å². The van der Waals surface area contributed by atoms with Crippen molar-refractivity contribution in [1.82, 2.24) is 15.5 Å². The zero-order valence-electron chi connectivity index (χ0n) is 17.8. The van der Waals surface area contributed by atoms with Crippen LogP contribution < -0.4 is 15.4 Å². The molecule has 8 heteroatoms. The molecule has 0 spiro atoms. The van der Waals surface area contributed by atoms with Gasteiger partial charge in [0.25, 0.3) is 11.8 Å². The lowest BCUT2D eigenvalue weighted by atomic mass is 10.1. The molecule has 3 aromatic rings. The van der Waals surface area contributed by atoms with E-state index >= 15 is 0 Å². The Labute approximate surface area is 185 Å². The van der Waals surface area contributed by atoms with Crippen LogP contribution in [0.25, 0.3) is 0 Å². The third-order valence-electron chi connectivity index (χ3n) is 4.43. The molecule has 0 saturated carbocycles. The minimum Gasteiger partial charge on any atom is -0.486 e. The molecule has 0 fully saturated rings. The number of carbonyl (C=O) groups is 2. The maximum Gasteiger partial charge on any atom is 0.286 e. The molecule has 2 N–H and O–H groups in total. The molecule has 0 atom stereocenters. The molecule has 0 bridgehead atoms. The third kappa shape index (κ3) is 6.89. The van der Waals surface area contributed by atoms with Gasteiger partial charge in [-0.1, -0.05) is 37.3 Å². The first kappa shape index (κ1) is 22.4. The van der Waals surface area contributed by atoms with Crippen LogP contribution in [0.4, 0.5) is 5.69 Å². The number of nitrogens with zero attached hydrogens (tertiary/aromatic N) is 2. The molecular weight excluding hydrogens is 412 g/mol. The molecule has 31 heavy (non-hydrogen) atoms. The van der Waals surface area contributed by atoms with Gasteiger partial charge in [-0.25, -0.2) is 0 Å². The minimum atomic E-state index is -0.353. The highest BCUT2D eigenvalue weighted by atomic mass is 32.1. The zero-order valence-corrected chi connectivity index (χ0v) is 18.7. The number of nitrogens with one attached hydrogen (secondary N) is 2. The largest absolute Gasteiger partial charge is 0.486 e. The van der Waals surface area contributed by atoms with Gasteiger partial charge in [-0.3, -0.25) is 9.59 Å². The Balaban J connectivity index is 1.51. The van der Waals surface area contributed by atoms with Crippen molar-refractivity contribution in [2.24, 2.45) is 5.92 Å². The Morgan fingerprint density at radius 3 is 2.55 bits per heavy atom. The van der Waals surface area contributed by atoms with Crippen molar-refractivity contribution in [3.8, 4) is 5.75 Å². The summed E-state index contributed by atoms with van der Waals surface area (Å²) in [6.07, 6.45) is 0.930. The van der Waals surface area contributed by atoms with Gasteiger partial charge < -0.3 is 15.4 Å². The molecule has 2 amide bonds. The van der Waals surface area contributed by atoms with Gasteiger partial charge in [0, 0.05) is 17.8 Å². The van der Waals surface area contributed by atoms with E-state index in [1.54, 1.807) is 24.3 Å². The van der Waals surface area contributed by atoms with E-state index in [9.17, 15) is 9.59 Å². The maximum atomic E-state index is 12.4. The average Bonchev–Trinajstić information content (AvgIpc) is 3.22. The smallest absolute Gasteiger partial charge is 0.286 e. The highest BCUT2D eigenvalue weighted by molar-refractivity contribution is 7.13. The number of carbonyl (C=O) groups excluding carboxylic acids is 2. The Kier molecular flexibility index (Phi) is 7.72. The molecule has 0 unspecified atom stereocenters. The lowest BCUT2D eigenvalue weighted by molar-refractivity contribution is 0.0951. The molecule has 1 aromatic heterocycles. The molecule has 0 aliphatic heterocycles. The summed E-state index contributed by atoms with van der Waals surface area (Å²) in [6, 6.07) is 14.5. The number of ether oxygens (including phenoxy) is 1. The third-order valence-corrected chi connectivity index (χ3v) is 5.32. The van der Waals surface area contributed by atoms with E-state index in [4.69, 9.17) is 4.74 Å². The molecule has 0 aliphatic carbocycles. The fourth-order valence-corrected chi connectivity index (χ4v) is 3.37. The summed E-state index contributed by atoms with van der Waals surface area (Å²) in [7, 11) is 0. The van der Waals surface area contributed by atoms with E-state index < -0.39 is 0 Å². The van der Waals surface area contributed by atoms with Crippen molar-refractivity contribution >= 4 is 28.8 Å². The number of rotatable bonds is 9. The van der Waals surface area contributed by atoms with E-state index in [2.05, 4.69) is 34.7 Å². The van der Waals surface area contributed by atoms with E-state index in [1.807, 2.05) is 31.2 Å². The highest BCUT2D eigenvalue weighted by Gasteiger charge is 2.14. The number of hydrogen-bond donors (Lipinski definition) is 2. The quantitative estimate of drug-likeness (QED) is 0.515. The van der Waals surface area contributed by atoms with E-state index in [-0.39, 0.29) is 23.4 Å². The Hall–Kier alpha value is -3.26. The van der Waals surface area contributed by atoms with Crippen LogP contribution in [-0.2, 0) is 6.61 Å². The maximum absolute atomic E-state index is 12.4. The number of benzene rings is 2. The first-order valence-corrected chi connectivity index (χ1v) is 10.9.